The molecule has 0 aromatic heterocycles. The highest BCUT2D eigenvalue weighted by atomic mass is 16.5. The van der Waals surface area contributed by atoms with E-state index in [1.165, 1.54) is 7.11 Å². The molecule has 1 unspecified atom stereocenters. The Hall–Kier alpha value is -1.83. The molecule has 2 heteroatoms. The Balaban J connectivity index is 2.17. The van der Waals surface area contributed by atoms with Crippen LogP contribution in [0.1, 0.15) is 22.3 Å². The summed E-state index contributed by atoms with van der Waals surface area (Å²) in [4.78, 5) is 11.6. The van der Waals surface area contributed by atoms with Crippen molar-refractivity contribution in [3.05, 3.63) is 59.7 Å². The number of carbonyl (C=O) groups excluding carboxylic acids is 1. The van der Waals surface area contributed by atoms with E-state index in [9.17, 15) is 4.79 Å². The van der Waals surface area contributed by atoms with Gasteiger partial charge in [0.05, 0.1) is 12.7 Å². The summed E-state index contributed by atoms with van der Waals surface area (Å²) in [7, 11) is 1.42. The molecule has 2 nitrogen and oxygen atoms in total. The van der Waals surface area contributed by atoms with Crippen LogP contribution >= 0.6 is 0 Å². The summed E-state index contributed by atoms with van der Waals surface area (Å²) in [5.41, 5.74) is 1.74. The second-order valence-corrected chi connectivity index (χ2v) is 4.16. The summed E-state index contributed by atoms with van der Waals surface area (Å²) in [6, 6.07) is 7.65. The molecule has 17 heavy (non-hydrogen) atoms. The zero-order valence-corrected chi connectivity index (χ0v) is 9.93. The van der Waals surface area contributed by atoms with E-state index in [0.717, 1.165) is 18.4 Å². The molecule has 0 amide bonds. The summed E-state index contributed by atoms with van der Waals surface area (Å²) in [6.45, 7) is 0. The van der Waals surface area contributed by atoms with E-state index in [1.807, 2.05) is 24.3 Å². The molecule has 0 saturated heterocycles. The summed E-state index contributed by atoms with van der Waals surface area (Å²) in [5, 5.41) is 0. The maximum Gasteiger partial charge on any atom is 0.338 e. The van der Waals surface area contributed by atoms with Crippen molar-refractivity contribution in [2.75, 3.05) is 7.11 Å². The molecule has 88 valence electrons. The number of hydrogen-bond donors (Lipinski definition) is 0. The van der Waals surface area contributed by atoms with E-state index < -0.39 is 0 Å². The maximum atomic E-state index is 11.6. The fourth-order valence-electron chi connectivity index (χ4n) is 2.07. The van der Waals surface area contributed by atoms with Crippen LogP contribution in [-0.4, -0.2) is 13.1 Å². The van der Waals surface area contributed by atoms with E-state index in [-0.39, 0.29) is 5.97 Å². The number of carbonyl (C=O) groups is 1. The minimum Gasteiger partial charge on any atom is -0.465 e. The molecular weight excluding hydrogens is 212 g/mol. The molecule has 1 aromatic carbocycles. The number of hydrogen-bond acceptors (Lipinski definition) is 2. The van der Waals surface area contributed by atoms with Crippen LogP contribution in [0, 0.1) is 5.92 Å². The van der Waals surface area contributed by atoms with Gasteiger partial charge >= 0.3 is 5.97 Å². The average Bonchev–Trinajstić information content (AvgIpc) is 2.40. The van der Waals surface area contributed by atoms with Gasteiger partial charge in [0.2, 0.25) is 0 Å². The first-order valence-electron chi connectivity index (χ1n) is 5.81. The van der Waals surface area contributed by atoms with Gasteiger partial charge in [0.25, 0.3) is 0 Å². The van der Waals surface area contributed by atoms with Crippen LogP contribution in [0.5, 0.6) is 0 Å². The molecule has 0 fully saturated rings. The number of esters is 1. The van der Waals surface area contributed by atoms with Crippen LogP contribution in [0.15, 0.2) is 48.6 Å². The number of rotatable bonds is 3. The van der Waals surface area contributed by atoms with Gasteiger partial charge in [-0.3, -0.25) is 0 Å². The summed E-state index contributed by atoms with van der Waals surface area (Å²) in [5.74, 6) is 0.224. The Morgan fingerprint density at radius 2 is 2.18 bits per heavy atom. The van der Waals surface area contributed by atoms with Gasteiger partial charge in [0.1, 0.15) is 0 Å². The fraction of sp³-hybridized carbons (Fsp3) is 0.267. The van der Waals surface area contributed by atoms with Crippen molar-refractivity contribution in [3.63, 3.8) is 0 Å². The number of benzene rings is 1. The third-order valence-electron chi connectivity index (χ3n) is 2.97. The monoisotopic (exact) mass is 228 g/mol. The lowest BCUT2D eigenvalue weighted by Crippen LogP contribution is -2.09. The molecule has 0 radical (unpaired) electrons. The third-order valence-corrected chi connectivity index (χ3v) is 2.97. The Kier molecular flexibility index (Phi) is 3.76. The summed E-state index contributed by atoms with van der Waals surface area (Å²) >= 11 is 0. The minimum atomic E-state index is -0.254. The van der Waals surface area contributed by atoms with Gasteiger partial charge in [-0.2, -0.15) is 0 Å². The smallest absolute Gasteiger partial charge is 0.338 e. The van der Waals surface area contributed by atoms with E-state index in [0.29, 0.717) is 11.5 Å². The molecule has 0 saturated carbocycles. The summed E-state index contributed by atoms with van der Waals surface area (Å²) < 4.78 is 4.80. The van der Waals surface area contributed by atoms with Crippen LogP contribution in [0.3, 0.4) is 0 Å². The highest BCUT2D eigenvalue weighted by Crippen LogP contribution is 2.20. The quantitative estimate of drug-likeness (QED) is 0.743. The zero-order valence-electron chi connectivity index (χ0n) is 9.93. The van der Waals surface area contributed by atoms with Crippen molar-refractivity contribution >= 4 is 5.97 Å². The van der Waals surface area contributed by atoms with Gasteiger partial charge < -0.3 is 4.74 Å². The van der Waals surface area contributed by atoms with Crippen molar-refractivity contribution in [2.45, 2.75) is 12.8 Å². The van der Waals surface area contributed by atoms with Crippen molar-refractivity contribution in [1.82, 2.24) is 0 Å². The molecule has 0 heterocycles. The predicted molar refractivity (Wildman–Crippen MR) is 67.9 cm³/mol. The van der Waals surface area contributed by atoms with Gasteiger partial charge in [-0.1, -0.05) is 42.5 Å². The standard InChI is InChI=1S/C15H16O2/c1-17-15(16)14-10-6-5-9-13(14)11-12-7-3-2-4-8-12/h2-7,9-10,12H,8,11H2,1H3. The SMILES string of the molecule is COC(=O)c1ccccc1CC1C=CC=CC1. The van der Waals surface area contributed by atoms with Crippen LogP contribution in [-0.2, 0) is 11.2 Å². The van der Waals surface area contributed by atoms with E-state index in [2.05, 4.69) is 24.3 Å². The number of ether oxygens (including phenoxy) is 1. The topological polar surface area (TPSA) is 26.3 Å². The molecular formula is C15H16O2. The Morgan fingerprint density at radius 3 is 2.88 bits per heavy atom. The van der Waals surface area contributed by atoms with Gasteiger partial charge in [0.15, 0.2) is 0 Å². The highest BCUT2D eigenvalue weighted by Gasteiger charge is 2.14. The molecule has 1 atom stereocenters. The molecule has 0 bridgehead atoms. The second kappa shape index (κ2) is 5.48. The first kappa shape index (κ1) is 11.6. The third kappa shape index (κ3) is 2.84. The van der Waals surface area contributed by atoms with Crippen molar-refractivity contribution in [3.8, 4) is 0 Å². The molecule has 0 aliphatic heterocycles. The zero-order chi connectivity index (χ0) is 12.1. The lowest BCUT2D eigenvalue weighted by Gasteiger charge is -2.14. The molecule has 1 aromatic rings. The average molecular weight is 228 g/mol. The Bertz CT molecular complexity index is 458. The van der Waals surface area contributed by atoms with E-state index >= 15 is 0 Å². The first-order chi connectivity index (χ1) is 8.31. The van der Waals surface area contributed by atoms with Gasteiger partial charge in [0, 0.05) is 0 Å². The predicted octanol–water partition coefficient (Wildman–Crippen LogP) is 3.15. The molecule has 1 aliphatic rings. The fourth-order valence-corrected chi connectivity index (χ4v) is 2.07. The largest absolute Gasteiger partial charge is 0.465 e. The molecule has 1 aliphatic carbocycles. The second-order valence-electron chi connectivity index (χ2n) is 4.16. The van der Waals surface area contributed by atoms with E-state index in [1.54, 1.807) is 0 Å². The van der Waals surface area contributed by atoms with Crippen molar-refractivity contribution < 1.29 is 9.53 Å². The van der Waals surface area contributed by atoms with Crippen LogP contribution < -0.4 is 0 Å². The maximum absolute atomic E-state index is 11.6. The van der Waals surface area contributed by atoms with Gasteiger partial charge in [-0.05, 0) is 30.4 Å². The van der Waals surface area contributed by atoms with Crippen LogP contribution in [0.25, 0.3) is 0 Å². The lowest BCUT2D eigenvalue weighted by atomic mass is 9.91. The van der Waals surface area contributed by atoms with Crippen LogP contribution in [0.4, 0.5) is 0 Å². The molecule has 0 N–H and O–H groups in total. The minimum absolute atomic E-state index is 0.254. The normalized spacial score (nSPS) is 18.1. The van der Waals surface area contributed by atoms with Gasteiger partial charge in [-0.15, -0.1) is 0 Å². The molecule has 0 spiro atoms. The van der Waals surface area contributed by atoms with Gasteiger partial charge in [-0.25, -0.2) is 4.79 Å². The van der Waals surface area contributed by atoms with Crippen molar-refractivity contribution in [1.29, 1.82) is 0 Å². The Labute approximate surface area is 102 Å². The number of allylic oxidation sites excluding steroid dienone is 4. The highest BCUT2D eigenvalue weighted by molar-refractivity contribution is 5.91. The first-order valence-corrected chi connectivity index (χ1v) is 5.81. The molecule has 2 rings (SSSR count). The number of methoxy groups -OCH3 is 1. The Morgan fingerprint density at radius 1 is 1.35 bits per heavy atom. The van der Waals surface area contributed by atoms with E-state index in [4.69, 9.17) is 4.74 Å². The van der Waals surface area contributed by atoms with Crippen LogP contribution in [0.2, 0.25) is 0 Å². The lowest BCUT2D eigenvalue weighted by molar-refractivity contribution is 0.0599. The summed E-state index contributed by atoms with van der Waals surface area (Å²) in [6.07, 6.45) is 10.4. The van der Waals surface area contributed by atoms with Crippen molar-refractivity contribution in [2.24, 2.45) is 5.92 Å².